The Balaban J connectivity index is 3.95. The Morgan fingerprint density at radius 3 is 1.58 bits per heavy atom. The minimum Gasteiger partial charge on any atom is -0.130 e. The highest BCUT2D eigenvalue weighted by Crippen LogP contribution is 3.09. The van der Waals surface area contributed by atoms with Gasteiger partial charge in [0.05, 0.1) is 0 Å². The lowest BCUT2D eigenvalue weighted by Gasteiger charge is -2.27. The molecular formula is H14BP11. The fraction of sp³-hybridized carbons (Fsp3) is 0. The highest BCUT2D eigenvalue weighted by atomic mass is 33.2. The van der Waals surface area contributed by atoms with Gasteiger partial charge in [-0.15, -0.1) is 52.8 Å². The summed E-state index contributed by atoms with van der Waals surface area (Å²) in [6.07, 6.45) is 0. The largest absolute Gasteiger partial charge is 0.136 e. The quantitative estimate of drug-likeness (QED) is 0.455. The molecule has 0 rings (SSSR count). The molecule has 0 heterocycles. The van der Waals surface area contributed by atoms with Gasteiger partial charge in [-0.25, -0.2) is 0 Å². The predicted molar refractivity (Wildman–Crippen MR) is 101 cm³/mol. The topological polar surface area (TPSA) is 0 Å². The monoisotopic (exact) mass is 366 g/mol. The lowest BCUT2D eigenvalue weighted by atomic mass is 10.8. The van der Waals surface area contributed by atoms with Crippen LogP contribution in [0.25, 0.3) is 0 Å². The first-order valence-corrected chi connectivity index (χ1v) is 22.8. The average Bonchev–Trinajstić information content (AvgIpc) is 1.98. The molecule has 8 unspecified atom stereocenters. The standard InChI is InChI=1S/BH14P11/c1-7-11(6)8-12(9(2)3)10(4)5/h7-8H,1-6H2. The van der Waals surface area contributed by atoms with E-state index >= 15 is 0 Å². The lowest BCUT2D eigenvalue weighted by Crippen LogP contribution is -1.39. The SMILES string of the molecule is BPP(P)PP(P(P)P)P(P)P. The van der Waals surface area contributed by atoms with Crippen molar-refractivity contribution >= 4 is 96.3 Å². The molecule has 0 nitrogen and oxygen atoms in total. The minimum absolute atomic E-state index is 0.163. The fourth-order valence-electron chi connectivity index (χ4n) is 0.369. The van der Waals surface area contributed by atoms with Crippen molar-refractivity contribution in [2.45, 2.75) is 0 Å². The predicted octanol–water partition coefficient (Wildman–Crippen LogP) is 5.34. The van der Waals surface area contributed by atoms with E-state index in [1.54, 1.807) is 0 Å². The number of rotatable bonds is 5. The van der Waals surface area contributed by atoms with Crippen LogP contribution >= 0.6 is 88.7 Å². The molecule has 0 aliphatic rings. The van der Waals surface area contributed by atoms with Crippen LogP contribution in [0, 0.1) is 0 Å². The summed E-state index contributed by atoms with van der Waals surface area (Å²) >= 11 is 0. The smallest absolute Gasteiger partial charge is 0.130 e. The molecule has 0 saturated heterocycles. The first-order chi connectivity index (χ1) is 5.49. The minimum atomic E-state index is 0.163. The van der Waals surface area contributed by atoms with Crippen molar-refractivity contribution in [1.82, 2.24) is 0 Å². The van der Waals surface area contributed by atoms with Crippen LogP contribution in [0.15, 0.2) is 0 Å². The maximum atomic E-state index is 3.06. The lowest BCUT2D eigenvalue weighted by molar-refractivity contribution is 4.67. The molecule has 12 heavy (non-hydrogen) atoms. The number of hydrogen-bond donors (Lipinski definition) is 0. The Kier molecular flexibility index (Phi) is 13.7. The molecule has 0 aliphatic carbocycles. The highest BCUT2D eigenvalue weighted by Gasteiger charge is 2.19. The number of hydrogen-bond acceptors (Lipinski definition) is 0. The normalized spacial score (nSPS) is 16.7. The van der Waals surface area contributed by atoms with Crippen LogP contribution < -0.4 is 0 Å². The first kappa shape index (κ1) is 16.8. The van der Waals surface area contributed by atoms with Crippen LogP contribution in [0.3, 0.4) is 0 Å². The second-order valence-corrected chi connectivity index (χ2v) is 43.0. The third-order valence-corrected chi connectivity index (χ3v) is 57.9. The first-order valence-electron chi connectivity index (χ1n) is 2.86. The van der Waals surface area contributed by atoms with Crippen molar-refractivity contribution in [3.05, 3.63) is 0 Å². The maximum absolute atomic E-state index is 3.06. The van der Waals surface area contributed by atoms with Gasteiger partial charge in [-0.1, -0.05) is 7.96 Å². The average molecular weight is 366 g/mol. The van der Waals surface area contributed by atoms with Crippen LogP contribution in [-0.4, -0.2) is 7.57 Å². The summed E-state index contributed by atoms with van der Waals surface area (Å²) in [5.41, 5.74) is 0. The van der Waals surface area contributed by atoms with Gasteiger partial charge in [-0.05, 0) is 27.9 Å². The molecule has 12 heteroatoms. The van der Waals surface area contributed by atoms with E-state index < -0.39 is 0 Å². The van der Waals surface area contributed by atoms with E-state index in [4.69, 9.17) is 0 Å². The van der Waals surface area contributed by atoms with Gasteiger partial charge in [0.2, 0.25) is 0 Å². The zero-order chi connectivity index (χ0) is 9.72. The van der Waals surface area contributed by atoms with Crippen LogP contribution in [0.5, 0.6) is 0 Å². The Morgan fingerprint density at radius 2 is 1.33 bits per heavy atom. The van der Waals surface area contributed by atoms with E-state index in [-0.39, 0.29) is 14.0 Å². The van der Waals surface area contributed by atoms with Crippen LogP contribution in [0.1, 0.15) is 0 Å². The molecule has 0 aromatic carbocycles. The van der Waals surface area contributed by atoms with Crippen molar-refractivity contribution in [2.75, 3.05) is 0 Å². The van der Waals surface area contributed by atoms with E-state index in [0.29, 0.717) is 14.0 Å². The third-order valence-electron chi connectivity index (χ3n) is 0.876. The van der Waals surface area contributed by atoms with Crippen LogP contribution in [0.4, 0.5) is 0 Å². The van der Waals surface area contributed by atoms with E-state index in [2.05, 4.69) is 52.2 Å². The molecule has 0 aliphatic heterocycles. The maximum Gasteiger partial charge on any atom is 0.136 e. The molecule has 72 valence electrons. The van der Waals surface area contributed by atoms with Gasteiger partial charge < -0.3 is 0 Å². The van der Waals surface area contributed by atoms with E-state index in [0.717, 1.165) is 8.15 Å². The van der Waals surface area contributed by atoms with Gasteiger partial charge >= 0.3 is 0 Å². The Morgan fingerprint density at radius 1 is 0.917 bits per heavy atom. The van der Waals surface area contributed by atoms with Gasteiger partial charge in [0.1, 0.15) is 7.57 Å². The fourth-order valence-corrected chi connectivity index (χ4v) is 81.5. The van der Waals surface area contributed by atoms with E-state index in [1.165, 1.54) is 7.96 Å². The molecule has 0 radical (unpaired) electrons. The molecule has 0 bridgehead atoms. The summed E-state index contributed by atoms with van der Waals surface area (Å²) in [5.74, 6) is 0. The van der Waals surface area contributed by atoms with Crippen molar-refractivity contribution < 1.29 is 0 Å². The Bertz CT molecular complexity index is 99.6. The molecule has 8 atom stereocenters. The zero-order valence-electron chi connectivity index (χ0n) is 6.68. The summed E-state index contributed by atoms with van der Waals surface area (Å²) in [4.78, 5) is 0. The van der Waals surface area contributed by atoms with Crippen molar-refractivity contribution in [3.63, 3.8) is 0 Å². The van der Waals surface area contributed by atoms with Gasteiger partial charge in [-0.3, -0.25) is 0 Å². The summed E-state index contributed by atoms with van der Waals surface area (Å²) in [6, 6.07) is 0. The summed E-state index contributed by atoms with van der Waals surface area (Å²) in [7, 11) is 19.8. The summed E-state index contributed by atoms with van der Waals surface area (Å²) in [5, 5.41) is 0. The van der Waals surface area contributed by atoms with E-state index in [1.807, 2.05) is 0 Å². The summed E-state index contributed by atoms with van der Waals surface area (Å²) in [6.45, 7) is 0.925. The highest BCUT2D eigenvalue weighted by molar-refractivity contribution is 9.15. The van der Waals surface area contributed by atoms with E-state index in [9.17, 15) is 0 Å². The molecule has 0 amide bonds. The molecule has 0 fully saturated rings. The van der Waals surface area contributed by atoms with Gasteiger partial charge in [0, 0.05) is 0 Å². The Labute approximate surface area is 95.9 Å². The van der Waals surface area contributed by atoms with Crippen molar-refractivity contribution in [2.24, 2.45) is 0 Å². The third kappa shape index (κ3) is 7.97. The van der Waals surface area contributed by atoms with Crippen molar-refractivity contribution in [3.8, 4) is 0 Å². The van der Waals surface area contributed by atoms with Gasteiger partial charge in [0.15, 0.2) is 0 Å². The molecule has 0 saturated carbocycles. The molecule has 0 spiro atoms. The molecular weight excluding hydrogens is 352 g/mol. The molecule has 0 aromatic rings. The van der Waals surface area contributed by atoms with Crippen LogP contribution in [-0.2, 0) is 0 Å². The van der Waals surface area contributed by atoms with Crippen molar-refractivity contribution in [1.29, 1.82) is 0 Å². The van der Waals surface area contributed by atoms with Gasteiger partial charge in [0.25, 0.3) is 0 Å². The van der Waals surface area contributed by atoms with Crippen LogP contribution in [0.2, 0.25) is 0 Å². The second kappa shape index (κ2) is 9.79. The zero-order valence-corrected chi connectivity index (χ0v) is 18.0. The summed E-state index contributed by atoms with van der Waals surface area (Å²) < 4.78 is 0. The second-order valence-electron chi connectivity index (χ2n) is 1.74. The Hall–Kier alpha value is 4.79. The van der Waals surface area contributed by atoms with Gasteiger partial charge in [-0.2, -0.15) is 0 Å². The molecule has 0 N–H and O–H groups in total. The molecule has 0 aromatic heterocycles.